The average Bonchev–Trinajstić information content (AvgIpc) is 3.19. The Morgan fingerprint density at radius 2 is 2.11 bits per heavy atom. The SMILES string of the molecule is CN=C(NCC1CC1)N(C)Cc1ccc(Cl)c(Cl)c1. The van der Waals surface area contributed by atoms with Gasteiger partial charge in [0.2, 0.25) is 0 Å². The van der Waals surface area contributed by atoms with Crippen LogP contribution in [0.2, 0.25) is 10.0 Å². The molecule has 1 N–H and O–H groups in total. The van der Waals surface area contributed by atoms with E-state index in [0.29, 0.717) is 10.0 Å². The molecular formula is C14H19Cl2N3. The lowest BCUT2D eigenvalue weighted by molar-refractivity contribution is 0.474. The van der Waals surface area contributed by atoms with E-state index in [0.717, 1.165) is 30.5 Å². The number of guanidine groups is 1. The molecule has 1 fully saturated rings. The first-order chi connectivity index (χ1) is 9.10. The Balaban J connectivity index is 1.93. The van der Waals surface area contributed by atoms with Crippen LogP contribution in [0.1, 0.15) is 18.4 Å². The molecule has 0 heterocycles. The summed E-state index contributed by atoms with van der Waals surface area (Å²) < 4.78 is 0. The minimum atomic E-state index is 0.587. The molecule has 0 aliphatic heterocycles. The monoisotopic (exact) mass is 299 g/mol. The molecule has 1 saturated carbocycles. The van der Waals surface area contributed by atoms with E-state index in [1.165, 1.54) is 12.8 Å². The molecule has 1 aromatic rings. The molecule has 0 bridgehead atoms. The van der Waals surface area contributed by atoms with Crippen molar-refractivity contribution in [2.45, 2.75) is 19.4 Å². The van der Waals surface area contributed by atoms with Crippen molar-refractivity contribution in [1.29, 1.82) is 0 Å². The molecule has 19 heavy (non-hydrogen) atoms. The summed E-state index contributed by atoms with van der Waals surface area (Å²) in [7, 11) is 3.82. The molecule has 0 saturated heterocycles. The van der Waals surface area contributed by atoms with Crippen LogP contribution < -0.4 is 5.32 Å². The molecule has 1 aliphatic rings. The summed E-state index contributed by atoms with van der Waals surface area (Å²) in [6.07, 6.45) is 2.67. The van der Waals surface area contributed by atoms with Crippen molar-refractivity contribution in [3.8, 4) is 0 Å². The van der Waals surface area contributed by atoms with Gasteiger partial charge in [-0.2, -0.15) is 0 Å². The van der Waals surface area contributed by atoms with E-state index in [2.05, 4.69) is 15.2 Å². The van der Waals surface area contributed by atoms with Crippen LogP contribution in [0.5, 0.6) is 0 Å². The van der Waals surface area contributed by atoms with E-state index in [1.54, 1.807) is 7.05 Å². The fourth-order valence-corrected chi connectivity index (χ4v) is 2.25. The van der Waals surface area contributed by atoms with Crippen molar-refractivity contribution in [3.63, 3.8) is 0 Å². The van der Waals surface area contributed by atoms with Gasteiger partial charge in [-0.15, -0.1) is 0 Å². The van der Waals surface area contributed by atoms with Crippen LogP contribution in [0.3, 0.4) is 0 Å². The van der Waals surface area contributed by atoms with E-state index < -0.39 is 0 Å². The normalized spacial score (nSPS) is 15.5. The number of hydrogen-bond acceptors (Lipinski definition) is 1. The van der Waals surface area contributed by atoms with Gasteiger partial charge in [-0.1, -0.05) is 29.3 Å². The van der Waals surface area contributed by atoms with Gasteiger partial charge in [0.15, 0.2) is 5.96 Å². The molecule has 104 valence electrons. The fourth-order valence-electron chi connectivity index (χ4n) is 1.93. The number of hydrogen-bond donors (Lipinski definition) is 1. The third-order valence-corrected chi connectivity index (χ3v) is 3.96. The van der Waals surface area contributed by atoms with E-state index in [4.69, 9.17) is 23.2 Å². The molecule has 0 spiro atoms. The highest BCUT2D eigenvalue weighted by molar-refractivity contribution is 6.42. The number of benzene rings is 1. The van der Waals surface area contributed by atoms with Gasteiger partial charge in [0.05, 0.1) is 10.0 Å². The van der Waals surface area contributed by atoms with Crippen LogP contribution >= 0.6 is 23.2 Å². The Bertz CT molecular complexity index is 470. The summed E-state index contributed by atoms with van der Waals surface area (Å²) in [5.41, 5.74) is 1.12. The highest BCUT2D eigenvalue weighted by atomic mass is 35.5. The molecule has 0 atom stereocenters. The van der Waals surface area contributed by atoms with Crippen LogP contribution in [-0.4, -0.2) is 31.5 Å². The van der Waals surface area contributed by atoms with Crippen molar-refractivity contribution < 1.29 is 0 Å². The van der Waals surface area contributed by atoms with Crippen LogP contribution in [0.4, 0.5) is 0 Å². The number of nitrogens with zero attached hydrogens (tertiary/aromatic N) is 2. The Morgan fingerprint density at radius 3 is 2.68 bits per heavy atom. The predicted octanol–water partition coefficient (Wildman–Crippen LogP) is 3.41. The lowest BCUT2D eigenvalue weighted by atomic mass is 10.2. The Morgan fingerprint density at radius 1 is 1.37 bits per heavy atom. The van der Waals surface area contributed by atoms with Gasteiger partial charge in [0.25, 0.3) is 0 Å². The molecule has 0 unspecified atom stereocenters. The van der Waals surface area contributed by atoms with E-state index in [9.17, 15) is 0 Å². The summed E-state index contributed by atoms with van der Waals surface area (Å²) in [6, 6.07) is 5.71. The zero-order valence-electron chi connectivity index (χ0n) is 11.3. The minimum Gasteiger partial charge on any atom is -0.356 e. The molecule has 0 amide bonds. The van der Waals surface area contributed by atoms with Crippen molar-refractivity contribution in [2.24, 2.45) is 10.9 Å². The standard InChI is InChI=1S/C14H19Cl2N3/c1-17-14(18-8-10-3-4-10)19(2)9-11-5-6-12(15)13(16)7-11/h5-7,10H,3-4,8-9H2,1-2H3,(H,17,18). The van der Waals surface area contributed by atoms with Crippen molar-refractivity contribution in [1.82, 2.24) is 10.2 Å². The summed E-state index contributed by atoms with van der Waals surface area (Å²) in [6.45, 7) is 1.76. The topological polar surface area (TPSA) is 27.6 Å². The largest absolute Gasteiger partial charge is 0.356 e. The summed E-state index contributed by atoms with van der Waals surface area (Å²) in [5, 5.41) is 4.57. The lowest BCUT2D eigenvalue weighted by Crippen LogP contribution is -2.39. The third kappa shape index (κ3) is 4.29. The third-order valence-electron chi connectivity index (χ3n) is 3.22. The van der Waals surface area contributed by atoms with Gasteiger partial charge >= 0.3 is 0 Å². The summed E-state index contributed by atoms with van der Waals surface area (Å²) in [4.78, 5) is 6.38. The second kappa shape index (κ2) is 6.49. The fraction of sp³-hybridized carbons (Fsp3) is 0.500. The molecule has 2 rings (SSSR count). The van der Waals surface area contributed by atoms with Crippen LogP contribution in [0, 0.1) is 5.92 Å². The average molecular weight is 300 g/mol. The minimum absolute atomic E-state index is 0.587. The van der Waals surface area contributed by atoms with Gasteiger partial charge in [0.1, 0.15) is 0 Å². The lowest BCUT2D eigenvalue weighted by Gasteiger charge is -2.22. The maximum atomic E-state index is 6.03. The van der Waals surface area contributed by atoms with Crippen molar-refractivity contribution in [3.05, 3.63) is 33.8 Å². The van der Waals surface area contributed by atoms with E-state index in [1.807, 2.05) is 25.2 Å². The second-order valence-corrected chi connectivity index (χ2v) is 5.79. The highest BCUT2D eigenvalue weighted by Crippen LogP contribution is 2.27. The van der Waals surface area contributed by atoms with Crippen LogP contribution in [0.15, 0.2) is 23.2 Å². The van der Waals surface area contributed by atoms with Gasteiger partial charge < -0.3 is 10.2 Å². The molecule has 0 aromatic heterocycles. The van der Waals surface area contributed by atoms with Gasteiger partial charge in [-0.25, -0.2) is 0 Å². The number of halogens is 2. The molecule has 1 aromatic carbocycles. The molecule has 5 heteroatoms. The molecular weight excluding hydrogens is 281 g/mol. The van der Waals surface area contributed by atoms with E-state index in [-0.39, 0.29) is 0 Å². The highest BCUT2D eigenvalue weighted by Gasteiger charge is 2.21. The van der Waals surface area contributed by atoms with Crippen LogP contribution in [0.25, 0.3) is 0 Å². The molecule has 1 aliphatic carbocycles. The quantitative estimate of drug-likeness (QED) is 0.681. The Labute approximate surface area is 124 Å². The predicted molar refractivity (Wildman–Crippen MR) is 82.0 cm³/mol. The zero-order chi connectivity index (χ0) is 13.8. The zero-order valence-corrected chi connectivity index (χ0v) is 12.8. The number of rotatable bonds is 4. The maximum absolute atomic E-state index is 6.03. The van der Waals surface area contributed by atoms with Crippen molar-refractivity contribution in [2.75, 3.05) is 20.6 Å². The van der Waals surface area contributed by atoms with Crippen molar-refractivity contribution >= 4 is 29.2 Å². The smallest absolute Gasteiger partial charge is 0.193 e. The summed E-state index contributed by atoms with van der Waals surface area (Å²) >= 11 is 11.9. The maximum Gasteiger partial charge on any atom is 0.193 e. The number of nitrogens with one attached hydrogen (secondary N) is 1. The Hall–Kier alpha value is -0.930. The number of aliphatic imine (C=N–C) groups is 1. The first-order valence-electron chi connectivity index (χ1n) is 6.46. The van der Waals surface area contributed by atoms with Gasteiger partial charge in [0, 0.05) is 27.2 Å². The van der Waals surface area contributed by atoms with Gasteiger partial charge in [-0.05, 0) is 36.5 Å². The molecule has 3 nitrogen and oxygen atoms in total. The van der Waals surface area contributed by atoms with E-state index >= 15 is 0 Å². The van der Waals surface area contributed by atoms with Gasteiger partial charge in [-0.3, -0.25) is 4.99 Å². The summed E-state index contributed by atoms with van der Waals surface area (Å²) in [5.74, 6) is 1.74. The molecule has 0 radical (unpaired) electrons. The Kier molecular flexibility index (Phi) is 4.94. The first-order valence-corrected chi connectivity index (χ1v) is 7.21. The van der Waals surface area contributed by atoms with Crippen LogP contribution in [-0.2, 0) is 6.54 Å². The second-order valence-electron chi connectivity index (χ2n) is 4.98. The first kappa shape index (κ1) is 14.5.